The van der Waals surface area contributed by atoms with Crippen LogP contribution in [-0.4, -0.2) is 36.3 Å². The molecule has 0 aliphatic carbocycles. The maximum Gasteiger partial charge on any atom is 0.314 e. The third-order valence-electron chi connectivity index (χ3n) is 4.20. The minimum atomic E-state index is -4.46. The molecular weight excluding hydrogens is 434 g/mol. The lowest BCUT2D eigenvalue weighted by molar-refractivity contribution is -0.132. The van der Waals surface area contributed by atoms with Gasteiger partial charge in [-0.25, -0.2) is 0 Å². The van der Waals surface area contributed by atoms with Gasteiger partial charge >= 0.3 is 11.8 Å². The van der Waals surface area contributed by atoms with Crippen molar-refractivity contribution in [2.45, 2.75) is 0 Å². The highest BCUT2D eigenvalue weighted by molar-refractivity contribution is 7.86. The molecule has 0 heterocycles. The lowest BCUT2D eigenvalue weighted by Crippen LogP contribution is -2.29. The van der Waals surface area contributed by atoms with Crippen molar-refractivity contribution in [2.75, 3.05) is 21.7 Å². The molecule has 0 saturated heterocycles. The molecule has 3 rings (SSSR count). The Kier molecular flexibility index (Phi) is 6.98. The van der Waals surface area contributed by atoms with E-state index in [0.717, 1.165) is 0 Å². The van der Waals surface area contributed by atoms with Crippen molar-refractivity contribution in [1.29, 1.82) is 0 Å². The second-order valence-electron chi connectivity index (χ2n) is 6.67. The number of ketones is 1. The lowest BCUT2D eigenvalue weighted by atomic mass is 10.1. The number of carbonyl (C=O) groups is 3. The maximum atomic E-state index is 12.2. The van der Waals surface area contributed by atoms with Crippen molar-refractivity contribution >= 4 is 50.5 Å². The average Bonchev–Trinajstić information content (AvgIpc) is 2.75. The van der Waals surface area contributed by atoms with Crippen LogP contribution in [0.15, 0.2) is 78.9 Å². The number of carbonyl (C=O) groups excluding carboxylic acids is 3. The molecule has 9 nitrogen and oxygen atoms in total. The minimum absolute atomic E-state index is 0.0973. The third-order valence-corrected chi connectivity index (χ3v) is 4.83. The second-order valence-corrected chi connectivity index (χ2v) is 8.12. The Morgan fingerprint density at radius 2 is 1.19 bits per heavy atom. The second kappa shape index (κ2) is 9.86. The molecule has 0 aromatic heterocycles. The molecule has 0 unspecified atom stereocenters. The SMILES string of the molecule is O=C(Nc1ccccc1)C(=O)Nc1ccc(Nc2ccccc2C(=O)CS(=O)(=O)O)cc1. The van der Waals surface area contributed by atoms with Gasteiger partial charge in [0.2, 0.25) is 0 Å². The number of hydrogen-bond donors (Lipinski definition) is 4. The van der Waals surface area contributed by atoms with Gasteiger partial charge in [0, 0.05) is 28.3 Å². The normalized spacial score (nSPS) is 10.8. The Labute approximate surface area is 184 Å². The summed E-state index contributed by atoms with van der Waals surface area (Å²) in [5.74, 6) is -3.44. The third kappa shape index (κ3) is 6.49. The Balaban J connectivity index is 1.65. The fourth-order valence-electron chi connectivity index (χ4n) is 2.77. The number of rotatable bonds is 7. The van der Waals surface area contributed by atoms with Gasteiger partial charge in [-0.15, -0.1) is 0 Å². The summed E-state index contributed by atoms with van der Waals surface area (Å²) in [6.45, 7) is 0. The standard InChI is InChI=1S/C22H19N3O6S/c26-20(14-32(29,30)31)18-8-4-5-9-19(18)23-16-10-12-17(13-11-16)25-22(28)21(27)24-15-6-2-1-3-7-15/h1-13,23H,14H2,(H,24,27)(H,25,28)(H,29,30,31). The molecule has 4 N–H and O–H groups in total. The van der Waals surface area contributed by atoms with Gasteiger partial charge in [-0.3, -0.25) is 18.9 Å². The Bertz CT molecular complexity index is 1240. The molecule has 0 bridgehead atoms. The molecule has 0 spiro atoms. The molecular formula is C22H19N3O6S. The van der Waals surface area contributed by atoms with E-state index in [4.69, 9.17) is 4.55 Å². The van der Waals surface area contributed by atoms with Gasteiger partial charge in [0.1, 0.15) is 5.75 Å². The Morgan fingerprint density at radius 3 is 1.78 bits per heavy atom. The van der Waals surface area contributed by atoms with Crippen LogP contribution in [0.3, 0.4) is 0 Å². The highest BCUT2D eigenvalue weighted by Gasteiger charge is 2.18. The van der Waals surface area contributed by atoms with Gasteiger partial charge in [-0.1, -0.05) is 30.3 Å². The summed E-state index contributed by atoms with van der Waals surface area (Å²) in [6, 6.07) is 21.1. The molecule has 3 aromatic rings. The first-order chi connectivity index (χ1) is 15.2. The van der Waals surface area contributed by atoms with Crippen LogP contribution in [0.4, 0.5) is 22.7 Å². The molecule has 10 heteroatoms. The summed E-state index contributed by atoms with van der Waals surface area (Å²) in [5.41, 5.74) is 1.86. The smallest absolute Gasteiger partial charge is 0.314 e. The predicted molar refractivity (Wildman–Crippen MR) is 121 cm³/mol. The molecule has 0 saturated carbocycles. The molecule has 0 atom stereocenters. The summed E-state index contributed by atoms with van der Waals surface area (Å²) in [5, 5.41) is 7.95. The predicted octanol–water partition coefficient (Wildman–Crippen LogP) is 3.08. The zero-order valence-electron chi connectivity index (χ0n) is 16.6. The topological polar surface area (TPSA) is 142 Å². The largest absolute Gasteiger partial charge is 0.355 e. The van der Waals surface area contributed by atoms with E-state index in [1.807, 2.05) is 0 Å². The number of benzene rings is 3. The molecule has 0 fully saturated rings. The van der Waals surface area contributed by atoms with Crippen LogP contribution in [-0.2, 0) is 19.7 Å². The number of nitrogens with one attached hydrogen (secondary N) is 3. The first-order valence-corrected chi connectivity index (χ1v) is 10.9. The van der Waals surface area contributed by atoms with E-state index in [1.54, 1.807) is 72.8 Å². The monoisotopic (exact) mass is 453 g/mol. The molecule has 3 aromatic carbocycles. The van der Waals surface area contributed by atoms with Crippen LogP contribution in [0.2, 0.25) is 0 Å². The fraction of sp³-hybridized carbons (Fsp3) is 0.0455. The number of para-hydroxylation sites is 2. The molecule has 0 radical (unpaired) electrons. The van der Waals surface area contributed by atoms with E-state index in [0.29, 0.717) is 22.7 Å². The lowest BCUT2D eigenvalue weighted by Gasteiger charge is -2.12. The average molecular weight is 453 g/mol. The van der Waals surface area contributed by atoms with Crippen LogP contribution in [0.25, 0.3) is 0 Å². The summed E-state index contributed by atoms with van der Waals surface area (Å²) in [7, 11) is -4.46. The van der Waals surface area contributed by atoms with Gasteiger partial charge in [0.25, 0.3) is 10.1 Å². The van der Waals surface area contributed by atoms with Crippen LogP contribution < -0.4 is 16.0 Å². The van der Waals surface area contributed by atoms with Crippen molar-refractivity contribution in [3.8, 4) is 0 Å². The van der Waals surface area contributed by atoms with E-state index in [9.17, 15) is 22.8 Å². The van der Waals surface area contributed by atoms with Crippen molar-refractivity contribution < 1.29 is 27.4 Å². The minimum Gasteiger partial charge on any atom is -0.355 e. The summed E-state index contributed by atoms with van der Waals surface area (Å²) >= 11 is 0. The molecule has 0 aliphatic rings. The number of anilines is 4. The molecule has 164 valence electrons. The van der Waals surface area contributed by atoms with Crippen LogP contribution in [0, 0.1) is 0 Å². The summed E-state index contributed by atoms with van der Waals surface area (Å²) in [6.07, 6.45) is 0. The Morgan fingerprint density at radius 1 is 0.688 bits per heavy atom. The van der Waals surface area contributed by atoms with Crippen LogP contribution >= 0.6 is 0 Å². The highest BCUT2D eigenvalue weighted by Crippen LogP contribution is 2.23. The molecule has 0 aliphatic heterocycles. The van der Waals surface area contributed by atoms with Crippen molar-refractivity contribution in [2.24, 2.45) is 0 Å². The maximum absolute atomic E-state index is 12.2. The number of amides is 2. The van der Waals surface area contributed by atoms with Gasteiger partial charge < -0.3 is 16.0 Å². The molecule has 32 heavy (non-hydrogen) atoms. The number of Topliss-reactive ketones (excluding diaryl/α,β-unsaturated/α-hetero) is 1. The Hall–Kier alpha value is -4.02. The van der Waals surface area contributed by atoms with Gasteiger partial charge in [-0.2, -0.15) is 8.42 Å². The first kappa shape index (κ1) is 22.7. The van der Waals surface area contributed by atoms with Crippen molar-refractivity contribution in [3.05, 3.63) is 84.4 Å². The van der Waals surface area contributed by atoms with Gasteiger partial charge in [0.15, 0.2) is 5.78 Å². The van der Waals surface area contributed by atoms with Gasteiger partial charge in [0.05, 0.1) is 0 Å². The van der Waals surface area contributed by atoms with E-state index in [-0.39, 0.29) is 5.56 Å². The van der Waals surface area contributed by atoms with E-state index in [1.165, 1.54) is 6.07 Å². The van der Waals surface area contributed by atoms with E-state index < -0.39 is 33.5 Å². The van der Waals surface area contributed by atoms with Crippen molar-refractivity contribution in [1.82, 2.24) is 0 Å². The van der Waals surface area contributed by atoms with Crippen LogP contribution in [0.5, 0.6) is 0 Å². The van der Waals surface area contributed by atoms with Gasteiger partial charge in [-0.05, 0) is 48.5 Å². The summed E-state index contributed by atoms with van der Waals surface area (Å²) in [4.78, 5) is 36.3. The van der Waals surface area contributed by atoms with E-state index in [2.05, 4.69) is 16.0 Å². The summed E-state index contributed by atoms with van der Waals surface area (Å²) < 4.78 is 30.9. The first-order valence-electron chi connectivity index (χ1n) is 9.33. The van der Waals surface area contributed by atoms with E-state index >= 15 is 0 Å². The fourth-order valence-corrected chi connectivity index (χ4v) is 3.26. The zero-order chi connectivity index (χ0) is 23.1. The molecule has 2 amide bonds. The van der Waals surface area contributed by atoms with Crippen molar-refractivity contribution in [3.63, 3.8) is 0 Å². The van der Waals surface area contributed by atoms with Crippen LogP contribution in [0.1, 0.15) is 10.4 Å². The zero-order valence-corrected chi connectivity index (χ0v) is 17.4. The quantitative estimate of drug-likeness (QED) is 0.245. The highest BCUT2D eigenvalue weighted by atomic mass is 32.2. The number of hydrogen-bond acceptors (Lipinski definition) is 6.